The lowest BCUT2D eigenvalue weighted by Gasteiger charge is -2.31. The maximum Gasteiger partial charge on any atom is 0.219 e. The molecule has 34 heavy (non-hydrogen) atoms. The van der Waals surface area contributed by atoms with Crippen LogP contribution in [-0.4, -0.2) is 43.6 Å². The number of para-hydroxylation sites is 1. The van der Waals surface area contributed by atoms with E-state index in [1.165, 1.54) is 0 Å². The quantitative estimate of drug-likeness (QED) is 0.427. The number of carbonyl (C=O) groups is 1. The van der Waals surface area contributed by atoms with E-state index in [9.17, 15) is 4.79 Å². The predicted octanol–water partition coefficient (Wildman–Crippen LogP) is 4.67. The number of anilines is 1. The van der Waals surface area contributed by atoms with Gasteiger partial charge in [-0.25, -0.2) is 4.98 Å². The largest absolute Gasteiger partial charge is 0.452 e. The summed E-state index contributed by atoms with van der Waals surface area (Å²) < 4.78 is 8.24. The van der Waals surface area contributed by atoms with Crippen molar-refractivity contribution in [2.75, 3.05) is 18.8 Å². The van der Waals surface area contributed by atoms with Gasteiger partial charge in [0.1, 0.15) is 5.76 Å². The lowest BCUT2D eigenvalue weighted by Crippen LogP contribution is -2.37. The van der Waals surface area contributed by atoms with Gasteiger partial charge in [0, 0.05) is 66.1 Å². The Balaban J connectivity index is 1.38. The first-order valence-electron chi connectivity index (χ1n) is 11.4. The van der Waals surface area contributed by atoms with Crippen LogP contribution in [0.15, 0.2) is 65.6 Å². The molecule has 0 radical (unpaired) electrons. The van der Waals surface area contributed by atoms with E-state index in [1.54, 1.807) is 19.3 Å². The maximum absolute atomic E-state index is 11.6. The molecule has 0 spiro atoms. The molecule has 5 heterocycles. The van der Waals surface area contributed by atoms with Gasteiger partial charge in [0.25, 0.3) is 0 Å². The molecule has 0 saturated carbocycles. The van der Waals surface area contributed by atoms with Crippen LogP contribution in [0.3, 0.4) is 0 Å². The highest BCUT2D eigenvalue weighted by molar-refractivity contribution is 6.02. The number of carbonyl (C=O) groups excluding carboxylic acids is 1. The summed E-state index contributed by atoms with van der Waals surface area (Å²) in [4.78, 5) is 22.4. The number of amides is 1. The number of likely N-dealkylation sites (tertiary alicyclic amines) is 1. The van der Waals surface area contributed by atoms with Gasteiger partial charge in [-0.3, -0.25) is 14.5 Å². The van der Waals surface area contributed by atoms with Crippen molar-refractivity contribution < 1.29 is 9.21 Å². The topological polar surface area (TPSA) is 103 Å². The third-order valence-corrected chi connectivity index (χ3v) is 6.70. The second kappa shape index (κ2) is 7.98. The van der Waals surface area contributed by atoms with Gasteiger partial charge in [0.05, 0.1) is 17.8 Å². The Kier molecular flexibility index (Phi) is 4.79. The van der Waals surface area contributed by atoms with Crippen LogP contribution in [-0.2, 0) is 4.79 Å². The fraction of sp³-hybridized carbons (Fsp3) is 0.231. The van der Waals surface area contributed by atoms with Gasteiger partial charge in [-0.15, -0.1) is 0 Å². The van der Waals surface area contributed by atoms with Gasteiger partial charge in [-0.05, 0) is 31.0 Å². The van der Waals surface area contributed by atoms with E-state index in [0.717, 1.165) is 64.7 Å². The molecule has 0 atom stereocenters. The number of nitrogens with two attached hydrogens (primary N) is 1. The Morgan fingerprint density at radius 1 is 1.06 bits per heavy atom. The number of fused-ring (bicyclic) bond motifs is 2. The van der Waals surface area contributed by atoms with Gasteiger partial charge >= 0.3 is 0 Å². The molecule has 0 aliphatic carbocycles. The Labute approximate surface area is 196 Å². The third kappa shape index (κ3) is 3.39. The number of rotatable bonds is 3. The first-order valence-corrected chi connectivity index (χ1v) is 11.4. The Bertz CT molecular complexity index is 1520. The van der Waals surface area contributed by atoms with Crippen molar-refractivity contribution in [3.05, 3.63) is 61.2 Å². The SMILES string of the molecule is CC(=O)N1CCC(n2cc(-c3cnc(N)c4oc(-c5ccnc6ccccc56)cc34)cn2)CC1. The lowest BCUT2D eigenvalue weighted by molar-refractivity contribution is -0.130. The van der Waals surface area contributed by atoms with Gasteiger partial charge < -0.3 is 15.1 Å². The number of nitrogens with zero attached hydrogens (tertiary/aromatic N) is 5. The highest BCUT2D eigenvalue weighted by Gasteiger charge is 2.23. The highest BCUT2D eigenvalue weighted by atomic mass is 16.3. The van der Waals surface area contributed by atoms with Crippen LogP contribution in [0.25, 0.3) is 44.3 Å². The van der Waals surface area contributed by atoms with Crippen LogP contribution in [0.5, 0.6) is 0 Å². The molecule has 0 unspecified atom stereocenters. The maximum atomic E-state index is 11.6. The van der Waals surface area contributed by atoms with Gasteiger partial charge in [-0.1, -0.05) is 18.2 Å². The van der Waals surface area contributed by atoms with Crippen molar-refractivity contribution in [3.63, 3.8) is 0 Å². The summed E-state index contributed by atoms with van der Waals surface area (Å²) in [6.07, 6.45) is 9.26. The van der Waals surface area contributed by atoms with Gasteiger partial charge in [0.15, 0.2) is 11.4 Å². The second-order valence-corrected chi connectivity index (χ2v) is 8.73. The molecule has 8 nitrogen and oxygen atoms in total. The normalized spacial score (nSPS) is 14.8. The van der Waals surface area contributed by atoms with Crippen LogP contribution in [0.1, 0.15) is 25.8 Å². The minimum atomic E-state index is 0.132. The molecule has 1 aliphatic rings. The Hall–Kier alpha value is -4.20. The summed E-state index contributed by atoms with van der Waals surface area (Å²) in [5.41, 5.74) is 10.5. The van der Waals surface area contributed by atoms with Crippen LogP contribution in [0.2, 0.25) is 0 Å². The molecular weight excluding hydrogens is 428 g/mol. The Morgan fingerprint density at radius 3 is 2.71 bits per heavy atom. The number of nitrogen functional groups attached to an aromatic ring is 1. The smallest absolute Gasteiger partial charge is 0.219 e. The number of hydrogen-bond acceptors (Lipinski definition) is 6. The summed E-state index contributed by atoms with van der Waals surface area (Å²) in [5.74, 6) is 1.21. The predicted molar refractivity (Wildman–Crippen MR) is 131 cm³/mol. The van der Waals surface area contributed by atoms with Crippen molar-refractivity contribution in [1.29, 1.82) is 0 Å². The minimum absolute atomic E-state index is 0.132. The molecular formula is C26H24N6O2. The summed E-state index contributed by atoms with van der Waals surface area (Å²) >= 11 is 0. The zero-order valence-corrected chi connectivity index (χ0v) is 18.8. The first kappa shape index (κ1) is 20.4. The number of benzene rings is 1. The van der Waals surface area contributed by atoms with Crippen LogP contribution >= 0.6 is 0 Å². The molecule has 6 rings (SSSR count). The third-order valence-electron chi connectivity index (χ3n) is 6.70. The molecule has 1 saturated heterocycles. The van der Waals surface area contributed by atoms with E-state index in [4.69, 9.17) is 10.2 Å². The van der Waals surface area contributed by atoms with Crippen LogP contribution < -0.4 is 5.73 Å². The van der Waals surface area contributed by atoms with E-state index in [2.05, 4.69) is 21.3 Å². The monoisotopic (exact) mass is 452 g/mol. The molecule has 4 aromatic heterocycles. The average molecular weight is 453 g/mol. The first-order chi connectivity index (χ1) is 16.6. The molecule has 8 heteroatoms. The minimum Gasteiger partial charge on any atom is -0.452 e. The molecule has 1 amide bonds. The van der Waals surface area contributed by atoms with Gasteiger partial charge in [0.2, 0.25) is 5.91 Å². The molecule has 0 bridgehead atoms. The fourth-order valence-electron chi connectivity index (χ4n) is 4.84. The van der Waals surface area contributed by atoms with Crippen molar-refractivity contribution in [3.8, 4) is 22.5 Å². The van der Waals surface area contributed by atoms with Crippen molar-refractivity contribution in [2.45, 2.75) is 25.8 Å². The average Bonchev–Trinajstić information content (AvgIpc) is 3.53. The molecule has 1 fully saturated rings. The number of hydrogen-bond donors (Lipinski definition) is 1. The lowest BCUT2D eigenvalue weighted by atomic mass is 10.0. The Morgan fingerprint density at radius 2 is 1.88 bits per heavy atom. The summed E-state index contributed by atoms with van der Waals surface area (Å²) in [6.45, 7) is 3.14. The molecule has 1 aliphatic heterocycles. The summed E-state index contributed by atoms with van der Waals surface area (Å²) in [6, 6.07) is 12.2. The molecule has 5 aromatic rings. The zero-order chi connectivity index (χ0) is 23.2. The van der Waals surface area contributed by atoms with Crippen molar-refractivity contribution >= 4 is 33.6 Å². The fourth-order valence-corrected chi connectivity index (χ4v) is 4.84. The summed E-state index contributed by atoms with van der Waals surface area (Å²) in [5, 5.41) is 6.55. The molecule has 170 valence electrons. The number of aromatic nitrogens is 4. The van der Waals surface area contributed by atoms with E-state index >= 15 is 0 Å². The van der Waals surface area contributed by atoms with Gasteiger partial charge in [-0.2, -0.15) is 5.10 Å². The second-order valence-electron chi connectivity index (χ2n) is 8.73. The van der Waals surface area contributed by atoms with E-state index in [1.807, 2.05) is 52.2 Å². The number of piperidine rings is 1. The van der Waals surface area contributed by atoms with Crippen molar-refractivity contribution in [2.24, 2.45) is 0 Å². The highest BCUT2D eigenvalue weighted by Crippen LogP contribution is 2.38. The number of pyridine rings is 2. The molecule has 2 N–H and O–H groups in total. The van der Waals surface area contributed by atoms with E-state index in [-0.39, 0.29) is 11.9 Å². The van der Waals surface area contributed by atoms with Crippen molar-refractivity contribution in [1.82, 2.24) is 24.6 Å². The number of furan rings is 1. The standard InChI is InChI=1S/C26H24N6O2/c1-16(33)31-10-7-18(8-11-31)32-15-17(13-30-32)22-14-29-26(27)25-21(22)12-24(34-25)20-6-9-28-23-5-3-2-4-19(20)23/h2-6,9,12-15,18H,7-8,10-11H2,1H3,(H2,27,29). The molecule has 1 aromatic carbocycles. The van der Waals surface area contributed by atoms with Crippen LogP contribution in [0, 0.1) is 0 Å². The van der Waals surface area contributed by atoms with Crippen LogP contribution in [0.4, 0.5) is 5.82 Å². The van der Waals surface area contributed by atoms with E-state index < -0.39 is 0 Å². The summed E-state index contributed by atoms with van der Waals surface area (Å²) in [7, 11) is 0. The van der Waals surface area contributed by atoms with E-state index in [0.29, 0.717) is 11.4 Å². The zero-order valence-electron chi connectivity index (χ0n) is 18.8.